The van der Waals surface area contributed by atoms with Gasteiger partial charge in [0.05, 0.1) is 12.0 Å². The molecule has 4 heteroatoms. The average molecular weight is 289 g/mol. The topological polar surface area (TPSA) is 66.4 Å². The van der Waals surface area contributed by atoms with Gasteiger partial charge in [0.1, 0.15) is 0 Å². The lowest BCUT2D eigenvalue weighted by Crippen LogP contribution is -2.54. The first kappa shape index (κ1) is 15.5. The van der Waals surface area contributed by atoms with E-state index in [9.17, 15) is 9.59 Å². The molecule has 0 aromatic heterocycles. The summed E-state index contributed by atoms with van der Waals surface area (Å²) in [6, 6.07) is 7.62. The molecule has 1 saturated carbocycles. The summed E-state index contributed by atoms with van der Waals surface area (Å²) in [4.78, 5) is 23.2. The molecular weight excluding hydrogens is 266 g/mol. The second-order valence-corrected chi connectivity index (χ2v) is 5.96. The van der Waals surface area contributed by atoms with Crippen LogP contribution in [0.25, 0.3) is 0 Å². The third kappa shape index (κ3) is 4.06. The number of carboxylic acids is 1. The molecule has 1 amide bonds. The minimum atomic E-state index is -0.857. The highest BCUT2D eigenvalue weighted by Crippen LogP contribution is 2.35. The van der Waals surface area contributed by atoms with E-state index in [0.29, 0.717) is 5.56 Å². The van der Waals surface area contributed by atoms with Crippen LogP contribution < -0.4 is 5.32 Å². The van der Waals surface area contributed by atoms with Gasteiger partial charge in [-0.25, -0.2) is 0 Å². The summed E-state index contributed by atoms with van der Waals surface area (Å²) in [5, 5.41) is 11.9. The Hall–Kier alpha value is -1.84. The second-order valence-electron chi connectivity index (χ2n) is 5.96. The van der Waals surface area contributed by atoms with Crippen LogP contribution in [0.4, 0.5) is 0 Å². The summed E-state index contributed by atoms with van der Waals surface area (Å²) in [5.74, 6) is -1.03. The highest BCUT2D eigenvalue weighted by atomic mass is 16.4. The van der Waals surface area contributed by atoms with E-state index < -0.39 is 11.5 Å². The quantitative estimate of drug-likeness (QED) is 0.810. The molecular formula is C17H23NO3. The smallest absolute Gasteiger partial charge is 0.305 e. The van der Waals surface area contributed by atoms with Crippen molar-refractivity contribution >= 4 is 11.9 Å². The van der Waals surface area contributed by atoms with Crippen LogP contribution in [0.15, 0.2) is 24.3 Å². The van der Waals surface area contributed by atoms with Crippen LogP contribution in [0.3, 0.4) is 0 Å². The highest BCUT2D eigenvalue weighted by Gasteiger charge is 2.40. The largest absolute Gasteiger partial charge is 0.481 e. The summed E-state index contributed by atoms with van der Waals surface area (Å²) in [6.07, 6.45) is 5.81. The molecule has 0 heterocycles. The second kappa shape index (κ2) is 6.74. The van der Waals surface area contributed by atoms with Gasteiger partial charge in [0, 0.05) is 5.56 Å². The van der Waals surface area contributed by atoms with Crippen LogP contribution in [0.5, 0.6) is 0 Å². The molecule has 4 nitrogen and oxygen atoms in total. The fourth-order valence-electron chi connectivity index (χ4n) is 2.76. The Bertz CT molecular complexity index is 503. The number of carboxylic acid groups (broad SMARTS) is 1. The van der Waals surface area contributed by atoms with Crippen LogP contribution in [0.1, 0.15) is 61.4 Å². The number of aliphatic carboxylic acids is 1. The fourth-order valence-corrected chi connectivity index (χ4v) is 2.76. The van der Waals surface area contributed by atoms with Crippen molar-refractivity contribution in [2.75, 3.05) is 0 Å². The molecule has 2 N–H and O–H groups in total. The number of aryl methyl sites for hydroxylation is 1. The molecule has 0 spiro atoms. The van der Waals surface area contributed by atoms with Gasteiger partial charge in [-0.1, -0.05) is 25.5 Å². The van der Waals surface area contributed by atoms with Gasteiger partial charge >= 0.3 is 5.97 Å². The first-order valence-corrected chi connectivity index (χ1v) is 7.68. The summed E-state index contributed by atoms with van der Waals surface area (Å²) < 4.78 is 0. The molecule has 0 aliphatic heterocycles. The van der Waals surface area contributed by atoms with E-state index in [-0.39, 0.29) is 12.3 Å². The highest BCUT2D eigenvalue weighted by molar-refractivity contribution is 5.95. The summed E-state index contributed by atoms with van der Waals surface area (Å²) in [5.41, 5.74) is 1.30. The van der Waals surface area contributed by atoms with Crippen LogP contribution >= 0.6 is 0 Å². The number of hydrogen-bond donors (Lipinski definition) is 2. The zero-order valence-corrected chi connectivity index (χ0v) is 12.5. The molecule has 0 radical (unpaired) electrons. The average Bonchev–Trinajstić information content (AvgIpc) is 2.42. The lowest BCUT2D eigenvalue weighted by Gasteiger charge is -2.41. The van der Waals surface area contributed by atoms with Crippen molar-refractivity contribution in [3.8, 4) is 0 Å². The first-order valence-electron chi connectivity index (χ1n) is 7.68. The van der Waals surface area contributed by atoms with E-state index in [0.717, 1.165) is 38.5 Å². The number of carbonyl (C=O) groups is 2. The van der Waals surface area contributed by atoms with Gasteiger partial charge in [0.2, 0.25) is 0 Å². The monoisotopic (exact) mass is 289 g/mol. The number of carbonyl (C=O) groups excluding carboxylic acids is 1. The van der Waals surface area contributed by atoms with Crippen molar-refractivity contribution < 1.29 is 14.7 Å². The van der Waals surface area contributed by atoms with E-state index in [1.54, 1.807) is 0 Å². The standard InChI is InChI=1S/C17H23NO3/c1-2-3-5-13-6-8-14(9-7-13)16(21)18-17(10-4-11-17)12-15(19)20/h6-9H,2-5,10-12H2,1H3,(H,18,21)(H,19,20). The molecule has 1 fully saturated rings. The van der Waals surface area contributed by atoms with Crippen LogP contribution in [0.2, 0.25) is 0 Å². The molecule has 1 aliphatic rings. The Morgan fingerprint density at radius 1 is 1.24 bits per heavy atom. The Morgan fingerprint density at radius 3 is 2.38 bits per heavy atom. The van der Waals surface area contributed by atoms with Gasteiger partial charge in [0.25, 0.3) is 5.91 Å². The maximum absolute atomic E-state index is 12.3. The van der Waals surface area contributed by atoms with Crippen LogP contribution in [-0.2, 0) is 11.2 Å². The minimum Gasteiger partial charge on any atom is -0.481 e. The van der Waals surface area contributed by atoms with Gasteiger partial charge in [-0.05, 0) is 49.8 Å². The number of nitrogens with one attached hydrogen (secondary N) is 1. The van der Waals surface area contributed by atoms with Gasteiger partial charge in [-0.3, -0.25) is 9.59 Å². The van der Waals surface area contributed by atoms with E-state index in [2.05, 4.69) is 12.2 Å². The van der Waals surface area contributed by atoms with E-state index in [1.807, 2.05) is 24.3 Å². The summed E-state index contributed by atoms with van der Waals surface area (Å²) in [7, 11) is 0. The maximum atomic E-state index is 12.3. The molecule has 0 saturated heterocycles. The van der Waals surface area contributed by atoms with Gasteiger partial charge in [-0.15, -0.1) is 0 Å². The molecule has 1 aromatic rings. The van der Waals surface area contributed by atoms with Crippen molar-refractivity contribution in [3.05, 3.63) is 35.4 Å². The molecule has 21 heavy (non-hydrogen) atoms. The third-order valence-electron chi connectivity index (χ3n) is 4.21. The molecule has 1 aliphatic carbocycles. The number of benzene rings is 1. The number of rotatable bonds is 7. The number of unbranched alkanes of at least 4 members (excludes halogenated alkanes) is 1. The van der Waals surface area contributed by atoms with Crippen LogP contribution in [0, 0.1) is 0 Å². The summed E-state index contributed by atoms with van der Waals surface area (Å²) >= 11 is 0. The van der Waals surface area contributed by atoms with E-state index >= 15 is 0 Å². The van der Waals surface area contributed by atoms with E-state index in [1.165, 1.54) is 5.56 Å². The maximum Gasteiger partial charge on any atom is 0.305 e. The lowest BCUT2D eigenvalue weighted by atomic mass is 9.74. The van der Waals surface area contributed by atoms with Crippen molar-refractivity contribution in [3.63, 3.8) is 0 Å². The number of amides is 1. The molecule has 2 rings (SSSR count). The van der Waals surface area contributed by atoms with E-state index in [4.69, 9.17) is 5.11 Å². The third-order valence-corrected chi connectivity index (χ3v) is 4.21. The van der Waals surface area contributed by atoms with Gasteiger partial charge in [0.15, 0.2) is 0 Å². The molecule has 0 atom stereocenters. The fraction of sp³-hybridized carbons (Fsp3) is 0.529. The van der Waals surface area contributed by atoms with Crippen molar-refractivity contribution in [1.29, 1.82) is 0 Å². The molecule has 1 aromatic carbocycles. The number of hydrogen-bond acceptors (Lipinski definition) is 2. The Balaban J connectivity index is 1.97. The SMILES string of the molecule is CCCCc1ccc(C(=O)NC2(CC(=O)O)CCC2)cc1. The predicted molar refractivity (Wildman–Crippen MR) is 81.4 cm³/mol. The Kier molecular flexibility index (Phi) is 4.99. The first-order chi connectivity index (χ1) is 10.0. The minimum absolute atomic E-state index is 0.00727. The molecule has 0 bridgehead atoms. The van der Waals surface area contributed by atoms with Crippen molar-refractivity contribution in [1.82, 2.24) is 5.32 Å². The van der Waals surface area contributed by atoms with Crippen LogP contribution in [-0.4, -0.2) is 22.5 Å². The van der Waals surface area contributed by atoms with Crippen molar-refractivity contribution in [2.24, 2.45) is 0 Å². The Morgan fingerprint density at radius 2 is 1.90 bits per heavy atom. The molecule has 114 valence electrons. The normalized spacial score (nSPS) is 16.0. The summed E-state index contributed by atoms with van der Waals surface area (Å²) in [6.45, 7) is 2.16. The Labute approximate surface area is 125 Å². The van der Waals surface area contributed by atoms with Gasteiger partial charge in [-0.2, -0.15) is 0 Å². The predicted octanol–water partition coefficient (Wildman–Crippen LogP) is 3.16. The lowest BCUT2D eigenvalue weighted by molar-refractivity contribution is -0.139. The zero-order chi connectivity index (χ0) is 15.3. The van der Waals surface area contributed by atoms with Gasteiger partial charge < -0.3 is 10.4 Å². The zero-order valence-electron chi connectivity index (χ0n) is 12.5. The van der Waals surface area contributed by atoms with Crippen molar-refractivity contribution in [2.45, 2.75) is 57.4 Å². The molecule has 0 unspecified atom stereocenters.